The Hall–Kier alpha value is 0.873. The molecule has 2 saturated carbocycles. The molecule has 1 nitrogen and oxygen atoms in total. The Kier molecular flexibility index (Phi) is 16.7. The molecular formula is C13H22ClNZr-. The topological polar surface area (TPSA) is 3.24 Å². The van der Waals surface area contributed by atoms with E-state index >= 15 is 0 Å². The van der Waals surface area contributed by atoms with Gasteiger partial charge < -0.3 is 12.4 Å². The van der Waals surface area contributed by atoms with Crippen LogP contribution in [-0.2, 0) is 26.2 Å². The van der Waals surface area contributed by atoms with Crippen LogP contribution in [0, 0.1) is 18.9 Å². The molecule has 0 bridgehead atoms. The molecule has 1 saturated heterocycles. The molecule has 0 amide bonds. The Morgan fingerprint density at radius 1 is 1.00 bits per heavy atom. The minimum Gasteiger partial charge on any atom is -1.00 e. The van der Waals surface area contributed by atoms with Gasteiger partial charge in [-0.1, -0.05) is 6.58 Å². The van der Waals surface area contributed by atoms with Gasteiger partial charge in [-0.15, -0.1) is 0 Å². The summed E-state index contributed by atoms with van der Waals surface area (Å²) in [6.45, 7) is 7.02. The van der Waals surface area contributed by atoms with Crippen LogP contribution >= 0.6 is 0 Å². The predicted octanol–water partition coefficient (Wildman–Crippen LogP) is 0.0419. The van der Waals surface area contributed by atoms with Gasteiger partial charge in [0, 0.05) is 32.7 Å². The van der Waals surface area contributed by atoms with E-state index in [1.807, 2.05) is 0 Å². The summed E-state index contributed by atoms with van der Waals surface area (Å²) in [6, 6.07) is 0. The first kappa shape index (κ1) is 19.2. The van der Waals surface area contributed by atoms with Crippen LogP contribution in [0.25, 0.3) is 0 Å². The number of likely N-dealkylation sites (tertiary alicyclic amines) is 1. The van der Waals surface area contributed by atoms with Gasteiger partial charge in [-0.2, -0.15) is 0 Å². The molecule has 3 fully saturated rings. The third-order valence-corrected chi connectivity index (χ3v) is 2.11. The first-order valence-corrected chi connectivity index (χ1v) is 5.79. The zero-order chi connectivity index (χ0) is 10.1. The first-order chi connectivity index (χ1) is 6.93. The van der Waals surface area contributed by atoms with Crippen LogP contribution in [0.2, 0.25) is 0 Å². The van der Waals surface area contributed by atoms with Crippen LogP contribution in [0.4, 0.5) is 0 Å². The third-order valence-electron chi connectivity index (χ3n) is 2.11. The molecular weight excluding hydrogens is 297 g/mol. The van der Waals surface area contributed by atoms with E-state index in [1.54, 1.807) is 0 Å². The average Bonchev–Trinajstić information content (AvgIpc) is 3.04. The molecule has 1 aliphatic heterocycles. The largest absolute Gasteiger partial charge is 1.00 e. The van der Waals surface area contributed by atoms with E-state index in [0.717, 1.165) is 6.54 Å². The number of rotatable bonds is 2. The van der Waals surface area contributed by atoms with Crippen LogP contribution in [0.3, 0.4) is 0 Å². The van der Waals surface area contributed by atoms with Crippen molar-refractivity contribution in [3.05, 3.63) is 25.5 Å². The second kappa shape index (κ2) is 13.9. The summed E-state index contributed by atoms with van der Waals surface area (Å²) in [5, 5.41) is 0. The minimum absolute atomic E-state index is 0. The molecule has 3 radical (unpaired) electrons. The maximum absolute atomic E-state index is 3.56. The standard InChI is InChI=1S/C7H12N.2C3H5.ClH.Zr/c1-2-5-8-6-3-4-7-8;2*1-2-3-1;;/h1,3-7H2;2*1H,2-3H2;1H;/p-1. The molecule has 0 unspecified atom stereocenters. The van der Waals surface area contributed by atoms with Crippen LogP contribution in [0.5, 0.6) is 0 Å². The van der Waals surface area contributed by atoms with Crippen molar-refractivity contribution in [2.45, 2.75) is 38.5 Å². The summed E-state index contributed by atoms with van der Waals surface area (Å²) in [4.78, 5) is 2.37. The maximum atomic E-state index is 3.56. The van der Waals surface area contributed by atoms with Gasteiger partial charge in [0.15, 0.2) is 0 Å². The van der Waals surface area contributed by atoms with Gasteiger partial charge in [0.1, 0.15) is 0 Å². The first-order valence-electron chi connectivity index (χ1n) is 5.79. The third kappa shape index (κ3) is 17.3. The van der Waals surface area contributed by atoms with Gasteiger partial charge in [0.25, 0.3) is 0 Å². The van der Waals surface area contributed by atoms with Crippen molar-refractivity contribution in [3.63, 3.8) is 0 Å². The van der Waals surface area contributed by atoms with E-state index in [-0.39, 0.29) is 38.6 Å². The second-order valence-corrected chi connectivity index (χ2v) is 3.97. The zero-order valence-electron chi connectivity index (χ0n) is 10.1. The average molecular weight is 319 g/mol. The molecule has 3 rings (SSSR count). The maximum Gasteiger partial charge on any atom is 0.0230 e. The molecule has 0 aromatic carbocycles. The number of nitrogens with zero attached hydrogens (tertiary/aromatic N) is 1. The van der Waals surface area contributed by atoms with E-state index in [4.69, 9.17) is 0 Å². The molecule has 0 spiro atoms. The van der Waals surface area contributed by atoms with Gasteiger partial charge in [-0.3, -0.25) is 4.90 Å². The molecule has 3 heteroatoms. The van der Waals surface area contributed by atoms with Gasteiger partial charge >= 0.3 is 0 Å². The van der Waals surface area contributed by atoms with E-state index in [1.165, 1.54) is 51.6 Å². The van der Waals surface area contributed by atoms with E-state index in [2.05, 4.69) is 30.4 Å². The van der Waals surface area contributed by atoms with Crippen molar-refractivity contribution in [2.75, 3.05) is 19.6 Å². The molecule has 2 aliphatic carbocycles. The molecule has 1 heterocycles. The quantitative estimate of drug-likeness (QED) is 0.695. The van der Waals surface area contributed by atoms with Crippen LogP contribution in [0.1, 0.15) is 38.5 Å². The molecule has 3 aliphatic rings. The Morgan fingerprint density at radius 3 is 1.62 bits per heavy atom. The van der Waals surface area contributed by atoms with Gasteiger partial charge in [-0.05, 0) is 70.5 Å². The molecule has 16 heavy (non-hydrogen) atoms. The summed E-state index contributed by atoms with van der Waals surface area (Å²) < 4.78 is 0. The monoisotopic (exact) mass is 317 g/mol. The number of halogens is 1. The second-order valence-electron chi connectivity index (χ2n) is 3.97. The van der Waals surface area contributed by atoms with Gasteiger partial charge in [-0.25, -0.2) is 0 Å². The van der Waals surface area contributed by atoms with Gasteiger partial charge in [0.2, 0.25) is 0 Å². The summed E-state index contributed by atoms with van der Waals surface area (Å²) in [6.07, 6.45) is 15.6. The smallest absolute Gasteiger partial charge is 0.0230 e. The summed E-state index contributed by atoms with van der Waals surface area (Å²) >= 11 is 0. The van der Waals surface area contributed by atoms with Crippen LogP contribution < -0.4 is 12.4 Å². The van der Waals surface area contributed by atoms with E-state index in [0.29, 0.717) is 0 Å². The van der Waals surface area contributed by atoms with Crippen LogP contribution in [-0.4, -0.2) is 24.5 Å². The fourth-order valence-corrected chi connectivity index (χ4v) is 1.10. The minimum atomic E-state index is 0. The normalized spacial score (nSPS) is 19.8. The molecule has 0 aromatic rings. The van der Waals surface area contributed by atoms with Crippen LogP contribution in [0.15, 0.2) is 6.58 Å². The van der Waals surface area contributed by atoms with Crippen molar-refractivity contribution >= 4 is 0 Å². The molecule has 0 aromatic heterocycles. The van der Waals surface area contributed by atoms with E-state index in [9.17, 15) is 0 Å². The van der Waals surface area contributed by atoms with Crippen molar-refractivity contribution < 1.29 is 38.6 Å². The summed E-state index contributed by atoms with van der Waals surface area (Å²) in [7, 11) is 0. The zero-order valence-corrected chi connectivity index (χ0v) is 13.3. The number of hydrogen-bond acceptors (Lipinski definition) is 1. The Bertz CT molecular complexity index is 131. The van der Waals surface area contributed by atoms with Crippen molar-refractivity contribution in [2.24, 2.45) is 0 Å². The fraction of sp³-hybridized carbons (Fsp3) is 0.692. The van der Waals surface area contributed by atoms with Crippen molar-refractivity contribution in [1.82, 2.24) is 4.90 Å². The Balaban J connectivity index is 0. The van der Waals surface area contributed by atoms with Gasteiger partial charge in [0.05, 0.1) is 0 Å². The Morgan fingerprint density at radius 2 is 1.38 bits per heavy atom. The SMILES string of the molecule is C=[C]CN1CCCC1.[CH]1CC1.[CH]1CC1.[Cl-].[Zr]. The molecule has 91 valence electrons. The van der Waals surface area contributed by atoms with Crippen molar-refractivity contribution in [3.8, 4) is 0 Å². The fourth-order valence-electron chi connectivity index (χ4n) is 1.10. The summed E-state index contributed by atoms with van der Waals surface area (Å²) in [5.74, 6) is 0. The predicted molar refractivity (Wildman–Crippen MR) is 61.6 cm³/mol. The Labute approximate surface area is 127 Å². The van der Waals surface area contributed by atoms with Crippen molar-refractivity contribution in [1.29, 1.82) is 0 Å². The molecule has 0 N–H and O–H groups in total. The van der Waals surface area contributed by atoms with E-state index < -0.39 is 0 Å². The number of hydrogen-bond donors (Lipinski definition) is 0. The summed E-state index contributed by atoms with van der Waals surface area (Å²) in [5.41, 5.74) is 0. The molecule has 0 atom stereocenters.